The summed E-state index contributed by atoms with van der Waals surface area (Å²) in [5.41, 5.74) is 0.913. The molecule has 34 heavy (non-hydrogen) atoms. The van der Waals surface area contributed by atoms with Crippen LogP contribution >= 0.6 is 0 Å². The van der Waals surface area contributed by atoms with Gasteiger partial charge in [-0.15, -0.1) is 0 Å². The number of aliphatic hydroxyl groups excluding tert-OH is 1. The fraction of sp³-hybridized carbons (Fsp3) is 0.385. The molecule has 2 aromatic carbocycles. The molecular weight excluding hydrogens is 438 g/mol. The van der Waals surface area contributed by atoms with E-state index in [9.17, 15) is 19.8 Å². The molecule has 2 N–H and O–H groups in total. The van der Waals surface area contributed by atoms with Crippen molar-refractivity contribution in [1.82, 2.24) is 4.90 Å². The van der Waals surface area contributed by atoms with Crippen molar-refractivity contribution in [3.63, 3.8) is 0 Å². The summed E-state index contributed by atoms with van der Waals surface area (Å²) < 4.78 is 16.0. The van der Waals surface area contributed by atoms with Crippen LogP contribution in [0.2, 0.25) is 0 Å². The highest BCUT2D eigenvalue weighted by molar-refractivity contribution is 6.46. The van der Waals surface area contributed by atoms with Gasteiger partial charge in [-0.25, -0.2) is 0 Å². The molecule has 1 heterocycles. The molecule has 2 aromatic rings. The number of ketones is 1. The minimum absolute atomic E-state index is 0.0187. The normalized spacial score (nSPS) is 17.3. The summed E-state index contributed by atoms with van der Waals surface area (Å²) >= 11 is 0. The maximum atomic E-state index is 13.1. The average Bonchev–Trinajstić information content (AvgIpc) is 3.10. The molecule has 8 heteroatoms. The number of phenols is 1. The molecule has 182 valence electrons. The third-order valence-electron chi connectivity index (χ3n) is 5.70. The van der Waals surface area contributed by atoms with Gasteiger partial charge in [0.2, 0.25) is 0 Å². The fourth-order valence-corrected chi connectivity index (χ4v) is 3.90. The zero-order valence-electron chi connectivity index (χ0n) is 19.7. The molecular formula is C26H31NO7. The van der Waals surface area contributed by atoms with Crippen LogP contribution in [0.15, 0.2) is 48.0 Å². The van der Waals surface area contributed by atoms with E-state index in [2.05, 4.69) is 6.92 Å². The molecule has 0 bridgehead atoms. The van der Waals surface area contributed by atoms with E-state index in [4.69, 9.17) is 14.2 Å². The molecule has 1 atom stereocenters. The zero-order valence-corrected chi connectivity index (χ0v) is 19.7. The number of hydrogen-bond acceptors (Lipinski definition) is 7. The fourth-order valence-electron chi connectivity index (χ4n) is 3.90. The van der Waals surface area contributed by atoms with Gasteiger partial charge < -0.3 is 29.3 Å². The van der Waals surface area contributed by atoms with Crippen LogP contribution in [0.3, 0.4) is 0 Å². The maximum absolute atomic E-state index is 13.1. The highest BCUT2D eigenvalue weighted by Gasteiger charge is 2.46. The Morgan fingerprint density at radius 2 is 1.76 bits per heavy atom. The topological polar surface area (TPSA) is 106 Å². The second kappa shape index (κ2) is 11.6. The number of rotatable bonds is 11. The number of likely N-dealkylation sites (tertiary alicyclic amines) is 1. The first kappa shape index (κ1) is 25.1. The number of amides is 1. The summed E-state index contributed by atoms with van der Waals surface area (Å²) in [4.78, 5) is 27.4. The lowest BCUT2D eigenvalue weighted by atomic mass is 9.95. The molecule has 1 saturated heterocycles. The largest absolute Gasteiger partial charge is 0.507 e. The molecule has 1 aliphatic heterocycles. The second-order valence-electron chi connectivity index (χ2n) is 8.00. The Balaban J connectivity index is 2.03. The summed E-state index contributed by atoms with van der Waals surface area (Å²) in [6, 6.07) is 10.5. The summed E-state index contributed by atoms with van der Waals surface area (Å²) in [6.07, 6.45) is 2.47. The SMILES string of the molecule is CCCCOc1ccc(C(O)=C2C(=O)C(=O)N(CCCOC)[C@@H]2c2ccc(O)c(OC)c2)cc1. The van der Waals surface area contributed by atoms with Crippen LogP contribution in [-0.2, 0) is 14.3 Å². The van der Waals surface area contributed by atoms with Crippen molar-refractivity contribution in [3.8, 4) is 17.2 Å². The van der Waals surface area contributed by atoms with Crippen molar-refractivity contribution in [3.05, 3.63) is 59.2 Å². The molecule has 8 nitrogen and oxygen atoms in total. The lowest BCUT2D eigenvalue weighted by molar-refractivity contribution is -0.140. The number of carbonyl (C=O) groups is 2. The standard InChI is InChI=1S/C26H31NO7/c1-4-5-15-34-19-10-7-17(8-11-19)24(29)22-23(18-9-12-20(28)21(16-18)33-3)27(13-6-14-32-2)26(31)25(22)30/h7-12,16,23,28-29H,4-6,13-15H2,1-3H3/t23-/m1/s1. The van der Waals surface area contributed by atoms with Crippen molar-refractivity contribution >= 4 is 17.4 Å². The van der Waals surface area contributed by atoms with Gasteiger partial charge >= 0.3 is 0 Å². The van der Waals surface area contributed by atoms with Gasteiger partial charge in [0.1, 0.15) is 11.5 Å². The van der Waals surface area contributed by atoms with Crippen LogP contribution in [0.25, 0.3) is 5.76 Å². The van der Waals surface area contributed by atoms with E-state index in [1.807, 2.05) is 0 Å². The number of phenolic OH excluding ortho intramolecular Hbond substituents is 1. The quantitative estimate of drug-likeness (QED) is 0.221. The van der Waals surface area contributed by atoms with Crippen molar-refractivity contribution in [2.24, 2.45) is 0 Å². The van der Waals surface area contributed by atoms with Crippen LogP contribution in [-0.4, -0.2) is 60.8 Å². The predicted octanol–water partition coefficient (Wildman–Crippen LogP) is 4.04. The van der Waals surface area contributed by atoms with E-state index in [1.165, 1.54) is 18.1 Å². The smallest absolute Gasteiger partial charge is 0.295 e. The minimum Gasteiger partial charge on any atom is -0.507 e. The van der Waals surface area contributed by atoms with E-state index in [0.717, 1.165) is 12.8 Å². The van der Waals surface area contributed by atoms with Crippen molar-refractivity contribution in [2.45, 2.75) is 32.2 Å². The third kappa shape index (κ3) is 5.34. The number of methoxy groups -OCH3 is 2. The van der Waals surface area contributed by atoms with Crippen LogP contribution in [0, 0.1) is 0 Å². The molecule has 0 aromatic heterocycles. The molecule has 1 fully saturated rings. The van der Waals surface area contributed by atoms with Gasteiger partial charge in [-0.3, -0.25) is 9.59 Å². The summed E-state index contributed by atoms with van der Waals surface area (Å²) in [5, 5.41) is 21.2. The number of nitrogens with zero attached hydrogens (tertiary/aromatic N) is 1. The van der Waals surface area contributed by atoms with Gasteiger partial charge in [0.25, 0.3) is 11.7 Å². The van der Waals surface area contributed by atoms with Crippen LogP contribution in [0.5, 0.6) is 17.2 Å². The van der Waals surface area contributed by atoms with Gasteiger partial charge in [0, 0.05) is 25.8 Å². The van der Waals surface area contributed by atoms with Gasteiger partial charge in [-0.2, -0.15) is 0 Å². The molecule has 1 amide bonds. The van der Waals surface area contributed by atoms with E-state index in [0.29, 0.717) is 36.5 Å². The van der Waals surface area contributed by atoms with Crippen LogP contribution in [0.4, 0.5) is 0 Å². The van der Waals surface area contributed by atoms with Gasteiger partial charge in [-0.05, 0) is 54.8 Å². The van der Waals surface area contributed by atoms with E-state index >= 15 is 0 Å². The first-order valence-corrected chi connectivity index (χ1v) is 11.3. The summed E-state index contributed by atoms with van der Waals surface area (Å²) in [7, 11) is 2.98. The van der Waals surface area contributed by atoms with Gasteiger partial charge in [0.05, 0.1) is 25.3 Å². The zero-order chi connectivity index (χ0) is 24.7. The summed E-state index contributed by atoms with van der Waals surface area (Å²) in [5.74, 6) is -0.950. The average molecular weight is 470 g/mol. The minimum atomic E-state index is -0.841. The van der Waals surface area contributed by atoms with Crippen molar-refractivity contribution in [2.75, 3.05) is 34.0 Å². The number of unbranched alkanes of at least 4 members (excludes halogenated alkanes) is 1. The van der Waals surface area contributed by atoms with E-state index < -0.39 is 17.7 Å². The Labute approximate surface area is 199 Å². The third-order valence-corrected chi connectivity index (χ3v) is 5.70. The number of aromatic hydroxyl groups is 1. The highest BCUT2D eigenvalue weighted by Crippen LogP contribution is 2.41. The first-order chi connectivity index (χ1) is 16.4. The second-order valence-corrected chi connectivity index (χ2v) is 8.00. The molecule has 0 aliphatic carbocycles. The highest BCUT2D eigenvalue weighted by atomic mass is 16.5. The maximum Gasteiger partial charge on any atom is 0.295 e. The predicted molar refractivity (Wildman–Crippen MR) is 127 cm³/mol. The number of Topliss-reactive ketones (excluding diaryl/α,β-unsaturated/α-hetero) is 1. The summed E-state index contributed by atoms with van der Waals surface area (Å²) in [6.45, 7) is 3.34. The number of benzene rings is 2. The number of hydrogen-bond donors (Lipinski definition) is 2. The molecule has 0 spiro atoms. The van der Waals surface area contributed by atoms with Crippen LogP contribution < -0.4 is 9.47 Å². The lowest BCUT2D eigenvalue weighted by Crippen LogP contribution is -2.31. The van der Waals surface area contributed by atoms with E-state index in [-0.39, 0.29) is 29.4 Å². The van der Waals surface area contributed by atoms with E-state index in [1.54, 1.807) is 43.5 Å². The monoisotopic (exact) mass is 469 g/mol. The molecule has 0 saturated carbocycles. The first-order valence-electron chi connectivity index (χ1n) is 11.3. The lowest BCUT2D eigenvalue weighted by Gasteiger charge is -2.25. The number of aliphatic hydroxyl groups is 1. The Hall–Kier alpha value is -3.52. The number of ether oxygens (including phenoxy) is 3. The molecule has 0 unspecified atom stereocenters. The van der Waals surface area contributed by atoms with Crippen molar-refractivity contribution < 1.29 is 34.0 Å². The van der Waals surface area contributed by atoms with Gasteiger partial charge in [0.15, 0.2) is 11.5 Å². The Morgan fingerprint density at radius 3 is 2.41 bits per heavy atom. The van der Waals surface area contributed by atoms with Crippen molar-refractivity contribution in [1.29, 1.82) is 0 Å². The molecule has 0 radical (unpaired) electrons. The Bertz CT molecular complexity index is 1050. The van der Waals surface area contributed by atoms with Gasteiger partial charge in [-0.1, -0.05) is 19.4 Å². The molecule has 1 aliphatic rings. The molecule has 3 rings (SSSR count). The number of carbonyl (C=O) groups excluding carboxylic acids is 2. The Kier molecular flexibility index (Phi) is 8.54. The van der Waals surface area contributed by atoms with Crippen LogP contribution in [0.1, 0.15) is 43.4 Å². The Morgan fingerprint density at radius 1 is 1.03 bits per heavy atom.